The van der Waals surface area contributed by atoms with E-state index in [0.717, 1.165) is 0 Å². The van der Waals surface area contributed by atoms with Gasteiger partial charge in [0.1, 0.15) is 5.75 Å². The van der Waals surface area contributed by atoms with Crippen LogP contribution in [0.25, 0.3) is 0 Å². The molecule has 0 aliphatic rings. The van der Waals surface area contributed by atoms with E-state index in [1.807, 2.05) is 44.2 Å². The van der Waals surface area contributed by atoms with Crippen LogP contribution in [0.1, 0.15) is 34.6 Å². The van der Waals surface area contributed by atoms with Crippen molar-refractivity contribution in [1.29, 1.82) is 0 Å². The topological polar surface area (TPSA) is 67.4 Å². The lowest BCUT2D eigenvalue weighted by molar-refractivity contribution is 0.101. The molecule has 0 aliphatic carbocycles. The molecule has 0 bridgehead atoms. The summed E-state index contributed by atoms with van der Waals surface area (Å²) in [6.45, 7) is 3.89. The van der Waals surface area contributed by atoms with Gasteiger partial charge >= 0.3 is 0 Å². The molecule has 3 rings (SSSR count). The van der Waals surface area contributed by atoms with Crippen molar-refractivity contribution in [3.63, 3.8) is 0 Å². The number of nitrogens with one attached hydrogen (secondary N) is 2. The summed E-state index contributed by atoms with van der Waals surface area (Å²) < 4.78 is 5.58. The molecular weight excluding hydrogens is 352 g/mol. The van der Waals surface area contributed by atoms with E-state index < -0.39 is 0 Å². The predicted molar refractivity (Wildman–Crippen MR) is 111 cm³/mol. The first-order valence-electron chi connectivity index (χ1n) is 9.06. The molecule has 0 spiro atoms. The number of benzene rings is 3. The van der Waals surface area contributed by atoms with Crippen LogP contribution in [0.4, 0.5) is 11.4 Å². The number of para-hydroxylation sites is 1. The second kappa shape index (κ2) is 8.86. The van der Waals surface area contributed by atoms with E-state index in [1.165, 1.54) is 0 Å². The molecule has 5 heteroatoms. The molecule has 0 atom stereocenters. The Bertz CT molecular complexity index is 951. The number of anilines is 2. The van der Waals surface area contributed by atoms with Gasteiger partial charge in [0.15, 0.2) is 0 Å². The summed E-state index contributed by atoms with van der Waals surface area (Å²) in [6, 6.07) is 23.0. The minimum atomic E-state index is -0.253. The van der Waals surface area contributed by atoms with E-state index in [0.29, 0.717) is 28.3 Å². The Hall–Kier alpha value is -3.60. The lowest BCUT2D eigenvalue weighted by atomic mass is 10.1. The number of carbonyl (C=O) groups excluding carboxylic acids is 2. The summed E-state index contributed by atoms with van der Waals surface area (Å²) >= 11 is 0. The molecule has 0 heterocycles. The first-order valence-corrected chi connectivity index (χ1v) is 9.06. The summed E-state index contributed by atoms with van der Waals surface area (Å²) in [4.78, 5) is 24.9. The monoisotopic (exact) mass is 374 g/mol. The van der Waals surface area contributed by atoms with Gasteiger partial charge in [-0.2, -0.15) is 0 Å². The predicted octanol–water partition coefficient (Wildman–Crippen LogP) is 4.98. The van der Waals surface area contributed by atoms with Gasteiger partial charge in [-0.3, -0.25) is 9.59 Å². The molecule has 28 heavy (non-hydrogen) atoms. The minimum Gasteiger partial charge on any atom is -0.491 e. The van der Waals surface area contributed by atoms with Gasteiger partial charge in [-0.1, -0.05) is 24.3 Å². The third-order valence-electron chi connectivity index (χ3n) is 3.90. The van der Waals surface area contributed by atoms with Gasteiger partial charge in [0.2, 0.25) is 0 Å². The van der Waals surface area contributed by atoms with Gasteiger partial charge in [-0.05, 0) is 68.4 Å². The Morgan fingerprint density at radius 2 is 1.32 bits per heavy atom. The third kappa shape index (κ3) is 5.20. The summed E-state index contributed by atoms with van der Waals surface area (Å²) in [7, 11) is 0. The zero-order valence-electron chi connectivity index (χ0n) is 15.8. The molecule has 0 fully saturated rings. The maximum absolute atomic E-state index is 12.5. The highest BCUT2D eigenvalue weighted by Gasteiger charge is 2.10. The summed E-state index contributed by atoms with van der Waals surface area (Å²) in [5, 5.41) is 5.64. The number of rotatable bonds is 6. The molecule has 2 amide bonds. The van der Waals surface area contributed by atoms with E-state index in [-0.39, 0.29) is 17.9 Å². The van der Waals surface area contributed by atoms with E-state index in [4.69, 9.17) is 4.74 Å². The van der Waals surface area contributed by atoms with Crippen LogP contribution in [0.5, 0.6) is 5.75 Å². The first kappa shape index (κ1) is 19.2. The fraction of sp³-hybridized carbons (Fsp3) is 0.130. The van der Waals surface area contributed by atoms with E-state index in [2.05, 4.69) is 10.6 Å². The Kier molecular flexibility index (Phi) is 6.07. The average Bonchev–Trinajstić information content (AvgIpc) is 2.69. The number of ether oxygens (including phenoxy) is 1. The quantitative estimate of drug-likeness (QED) is 0.639. The lowest BCUT2D eigenvalue weighted by Gasteiger charge is -2.11. The molecular formula is C23H22N2O3. The van der Waals surface area contributed by atoms with Crippen molar-refractivity contribution >= 4 is 23.2 Å². The smallest absolute Gasteiger partial charge is 0.255 e. The first-order chi connectivity index (χ1) is 13.5. The van der Waals surface area contributed by atoms with Gasteiger partial charge < -0.3 is 15.4 Å². The Balaban J connectivity index is 1.66. The largest absolute Gasteiger partial charge is 0.491 e. The van der Waals surface area contributed by atoms with Crippen LogP contribution in [0.2, 0.25) is 0 Å². The van der Waals surface area contributed by atoms with Crippen molar-refractivity contribution in [3.05, 3.63) is 90.0 Å². The Labute approximate surface area is 164 Å². The van der Waals surface area contributed by atoms with Crippen molar-refractivity contribution in [2.24, 2.45) is 0 Å². The normalized spacial score (nSPS) is 10.4. The molecule has 5 nitrogen and oxygen atoms in total. The van der Waals surface area contributed by atoms with E-state index in [1.54, 1.807) is 48.5 Å². The molecule has 142 valence electrons. The summed E-state index contributed by atoms with van der Waals surface area (Å²) in [5.74, 6) is 0.223. The average molecular weight is 374 g/mol. The molecule has 0 unspecified atom stereocenters. The molecule has 0 saturated carbocycles. The molecule has 2 N–H and O–H groups in total. The van der Waals surface area contributed by atoms with Crippen LogP contribution in [0.3, 0.4) is 0 Å². The molecule has 0 aromatic heterocycles. The second-order valence-electron chi connectivity index (χ2n) is 6.55. The zero-order chi connectivity index (χ0) is 19.9. The van der Waals surface area contributed by atoms with Gasteiger partial charge in [0.05, 0.1) is 6.10 Å². The Morgan fingerprint density at radius 3 is 2.00 bits per heavy atom. The minimum absolute atomic E-state index is 0.0736. The van der Waals surface area contributed by atoms with Gasteiger partial charge in [-0.25, -0.2) is 0 Å². The summed E-state index contributed by atoms with van der Waals surface area (Å²) in [6.07, 6.45) is 0.0736. The highest BCUT2D eigenvalue weighted by molar-refractivity contribution is 6.07. The van der Waals surface area contributed by atoms with E-state index >= 15 is 0 Å². The highest BCUT2D eigenvalue weighted by Crippen LogP contribution is 2.17. The maximum atomic E-state index is 12.5. The van der Waals surface area contributed by atoms with Crippen molar-refractivity contribution in [3.8, 4) is 5.75 Å². The molecule has 0 radical (unpaired) electrons. The van der Waals surface area contributed by atoms with Gasteiger partial charge in [-0.15, -0.1) is 0 Å². The maximum Gasteiger partial charge on any atom is 0.255 e. The number of amides is 2. The number of hydrogen-bond donors (Lipinski definition) is 2. The van der Waals surface area contributed by atoms with Crippen LogP contribution in [-0.2, 0) is 0 Å². The van der Waals surface area contributed by atoms with Gasteiger partial charge in [0.25, 0.3) is 11.8 Å². The highest BCUT2D eigenvalue weighted by atomic mass is 16.5. The van der Waals surface area contributed by atoms with Crippen LogP contribution in [0, 0.1) is 0 Å². The van der Waals surface area contributed by atoms with Crippen LogP contribution < -0.4 is 15.4 Å². The molecule has 0 aliphatic heterocycles. The number of hydrogen-bond acceptors (Lipinski definition) is 3. The zero-order valence-corrected chi connectivity index (χ0v) is 15.8. The van der Waals surface area contributed by atoms with Crippen molar-refractivity contribution in [2.75, 3.05) is 10.6 Å². The van der Waals surface area contributed by atoms with Crippen LogP contribution >= 0.6 is 0 Å². The van der Waals surface area contributed by atoms with Crippen LogP contribution in [-0.4, -0.2) is 17.9 Å². The molecule has 0 saturated heterocycles. The Morgan fingerprint density at radius 1 is 0.714 bits per heavy atom. The molecule has 3 aromatic carbocycles. The fourth-order valence-electron chi connectivity index (χ4n) is 2.62. The third-order valence-corrected chi connectivity index (χ3v) is 3.90. The van der Waals surface area contributed by atoms with Crippen molar-refractivity contribution in [2.45, 2.75) is 20.0 Å². The van der Waals surface area contributed by atoms with Crippen molar-refractivity contribution < 1.29 is 14.3 Å². The van der Waals surface area contributed by atoms with E-state index in [9.17, 15) is 9.59 Å². The lowest BCUT2D eigenvalue weighted by Crippen LogP contribution is -2.14. The number of carbonyl (C=O) groups is 2. The van der Waals surface area contributed by atoms with Crippen LogP contribution in [0.15, 0.2) is 78.9 Å². The molecule has 3 aromatic rings. The van der Waals surface area contributed by atoms with Gasteiger partial charge in [0, 0.05) is 22.5 Å². The standard InChI is InChI=1S/C23H22N2O3/c1-16(2)28-21-13-11-17(12-14-21)22(26)25-20-10-6-7-18(15-20)23(27)24-19-8-4-3-5-9-19/h3-16H,1-2H3,(H,24,27)(H,25,26). The summed E-state index contributed by atoms with van der Waals surface area (Å²) in [5.41, 5.74) is 2.23. The van der Waals surface area contributed by atoms with Crippen molar-refractivity contribution in [1.82, 2.24) is 0 Å². The SMILES string of the molecule is CC(C)Oc1ccc(C(=O)Nc2cccc(C(=O)Nc3ccccc3)c2)cc1. The fourth-order valence-corrected chi connectivity index (χ4v) is 2.62. The second-order valence-corrected chi connectivity index (χ2v) is 6.55.